The normalized spacial score (nSPS) is 10.4. The van der Waals surface area contributed by atoms with E-state index in [2.05, 4.69) is 26.1 Å². The van der Waals surface area contributed by atoms with Crippen molar-refractivity contribution in [3.05, 3.63) is 42.6 Å². The second kappa shape index (κ2) is 4.17. The summed E-state index contributed by atoms with van der Waals surface area (Å²) in [6.07, 6.45) is 2.89. The first-order chi connectivity index (χ1) is 8.83. The van der Waals surface area contributed by atoms with Gasteiger partial charge in [0.2, 0.25) is 0 Å². The van der Waals surface area contributed by atoms with Crippen molar-refractivity contribution in [3.63, 3.8) is 0 Å². The van der Waals surface area contributed by atoms with E-state index in [1.807, 2.05) is 0 Å². The molecule has 90 valence electrons. The first-order valence-electron chi connectivity index (χ1n) is 5.10. The number of carbonyl (C=O) groups is 1. The van der Waals surface area contributed by atoms with Crippen LogP contribution in [0.5, 0.6) is 0 Å². The molecule has 0 aliphatic rings. The number of hydrazine groups is 1. The average molecular weight is 244 g/mol. The first-order valence-corrected chi connectivity index (χ1v) is 5.10. The van der Waals surface area contributed by atoms with E-state index >= 15 is 0 Å². The minimum absolute atomic E-state index is 0.216. The summed E-state index contributed by atoms with van der Waals surface area (Å²) in [4.78, 5) is 11.6. The Kier molecular flexibility index (Phi) is 2.38. The topological polar surface area (TPSA) is 97.3 Å². The number of furan rings is 1. The number of anilines is 1. The van der Waals surface area contributed by atoms with E-state index in [1.165, 1.54) is 17.1 Å². The van der Waals surface area contributed by atoms with E-state index in [0.717, 1.165) is 0 Å². The molecule has 3 aromatic heterocycles. The Balaban J connectivity index is 1.71. The number of carbonyl (C=O) groups excluding carboxylic acids is 1. The molecule has 0 aromatic carbocycles. The standard InChI is InChI=1S/C10H8N6O2/c17-10(7-2-1-5-18-7)14-12-8-3-4-9-13-11-6-16(9)15-8/h1-6H,(H,12,15)(H,14,17). The molecule has 0 saturated heterocycles. The highest BCUT2D eigenvalue weighted by atomic mass is 16.3. The van der Waals surface area contributed by atoms with Gasteiger partial charge in [-0.3, -0.25) is 15.6 Å². The zero-order valence-electron chi connectivity index (χ0n) is 9.07. The molecule has 2 N–H and O–H groups in total. The largest absolute Gasteiger partial charge is 0.459 e. The van der Waals surface area contributed by atoms with Crippen LogP contribution in [0.15, 0.2) is 41.3 Å². The third kappa shape index (κ3) is 1.86. The number of nitrogens with one attached hydrogen (secondary N) is 2. The molecule has 3 heterocycles. The summed E-state index contributed by atoms with van der Waals surface area (Å²) in [5.41, 5.74) is 5.75. The fourth-order valence-corrected chi connectivity index (χ4v) is 1.39. The van der Waals surface area contributed by atoms with E-state index in [-0.39, 0.29) is 11.7 Å². The first kappa shape index (κ1) is 10.3. The molecule has 0 bridgehead atoms. The van der Waals surface area contributed by atoms with Crippen LogP contribution in [0.1, 0.15) is 10.6 Å². The third-order valence-electron chi connectivity index (χ3n) is 2.21. The van der Waals surface area contributed by atoms with Gasteiger partial charge in [0.1, 0.15) is 6.33 Å². The van der Waals surface area contributed by atoms with Crippen LogP contribution in [0.3, 0.4) is 0 Å². The van der Waals surface area contributed by atoms with E-state index in [1.54, 1.807) is 24.3 Å². The summed E-state index contributed by atoms with van der Waals surface area (Å²) in [5.74, 6) is 0.292. The molecule has 3 rings (SSSR count). The van der Waals surface area contributed by atoms with Gasteiger partial charge in [0, 0.05) is 0 Å². The predicted molar refractivity (Wildman–Crippen MR) is 60.6 cm³/mol. The van der Waals surface area contributed by atoms with Gasteiger partial charge in [0.25, 0.3) is 0 Å². The lowest BCUT2D eigenvalue weighted by atomic mass is 10.4. The van der Waals surface area contributed by atoms with Crippen molar-refractivity contribution in [2.24, 2.45) is 0 Å². The molecule has 0 atom stereocenters. The SMILES string of the molecule is O=C(NNc1ccc2nncn2n1)c1ccco1. The van der Waals surface area contributed by atoms with Crippen LogP contribution in [-0.4, -0.2) is 25.7 Å². The van der Waals surface area contributed by atoms with Crippen molar-refractivity contribution in [2.45, 2.75) is 0 Å². The molecule has 0 aliphatic carbocycles. The van der Waals surface area contributed by atoms with E-state index in [9.17, 15) is 4.79 Å². The van der Waals surface area contributed by atoms with Gasteiger partial charge in [-0.2, -0.15) is 4.52 Å². The van der Waals surface area contributed by atoms with Crippen LogP contribution >= 0.6 is 0 Å². The summed E-state index contributed by atoms with van der Waals surface area (Å²) < 4.78 is 6.43. The van der Waals surface area contributed by atoms with Crippen LogP contribution < -0.4 is 10.9 Å². The van der Waals surface area contributed by atoms with Crippen molar-refractivity contribution in [1.82, 2.24) is 25.2 Å². The minimum atomic E-state index is -0.384. The maximum absolute atomic E-state index is 11.6. The molecule has 3 aromatic rings. The van der Waals surface area contributed by atoms with Crippen LogP contribution in [0.2, 0.25) is 0 Å². The van der Waals surface area contributed by atoms with Crippen molar-refractivity contribution in [3.8, 4) is 0 Å². The Hall–Kier alpha value is -2.90. The molecule has 0 saturated carbocycles. The molecule has 0 spiro atoms. The van der Waals surface area contributed by atoms with Gasteiger partial charge in [0.15, 0.2) is 17.2 Å². The molecule has 0 radical (unpaired) electrons. The van der Waals surface area contributed by atoms with Gasteiger partial charge >= 0.3 is 5.91 Å². The van der Waals surface area contributed by atoms with Gasteiger partial charge in [0.05, 0.1) is 6.26 Å². The smallest absolute Gasteiger partial charge is 0.305 e. The van der Waals surface area contributed by atoms with E-state index in [0.29, 0.717) is 11.5 Å². The maximum Gasteiger partial charge on any atom is 0.305 e. The second-order valence-electron chi connectivity index (χ2n) is 3.41. The van der Waals surface area contributed by atoms with Crippen molar-refractivity contribution in [1.29, 1.82) is 0 Å². The number of fused-ring (bicyclic) bond motifs is 1. The van der Waals surface area contributed by atoms with Gasteiger partial charge in [-0.05, 0) is 24.3 Å². The zero-order valence-corrected chi connectivity index (χ0v) is 9.07. The van der Waals surface area contributed by atoms with Gasteiger partial charge < -0.3 is 4.42 Å². The second-order valence-corrected chi connectivity index (χ2v) is 3.41. The number of aromatic nitrogens is 4. The number of hydrogen-bond acceptors (Lipinski definition) is 6. The van der Waals surface area contributed by atoms with Crippen LogP contribution in [0.25, 0.3) is 5.65 Å². The molecule has 0 aliphatic heterocycles. The highest BCUT2D eigenvalue weighted by Gasteiger charge is 2.07. The number of nitrogens with zero attached hydrogens (tertiary/aromatic N) is 4. The molecule has 0 fully saturated rings. The summed E-state index contributed by atoms with van der Waals surface area (Å²) in [7, 11) is 0. The minimum Gasteiger partial charge on any atom is -0.459 e. The fraction of sp³-hybridized carbons (Fsp3) is 0. The highest BCUT2D eigenvalue weighted by molar-refractivity contribution is 5.91. The molecule has 18 heavy (non-hydrogen) atoms. The van der Waals surface area contributed by atoms with Crippen LogP contribution in [0, 0.1) is 0 Å². The Morgan fingerprint density at radius 1 is 1.33 bits per heavy atom. The van der Waals surface area contributed by atoms with Crippen molar-refractivity contribution < 1.29 is 9.21 Å². The lowest BCUT2D eigenvalue weighted by Crippen LogP contribution is -2.29. The molecule has 8 nitrogen and oxygen atoms in total. The Bertz CT molecular complexity index is 675. The summed E-state index contributed by atoms with van der Waals surface area (Å²) in [6, 6.07) is 6.59. The lowest BCUT2D eigenvalue weighted by molar-refractivity contribution is 0.0935. The van der Waals surface area contributed by atoms with Gasteiger partial charge in [-0.1, -0.05) is 0 Å². The van der Waals surface area contributed by atoms with E-state index < -0.39 is 0 Å². The maximum atomic E-state index is 11.6. The lowest BCUT2D eigenvalue weighted by Gasteiger charge is -2.05. The summed E-state index contributed by atoms with van der Waals surface area (Å²) in [6.45, 7) is 0. The molecule has 0 unspecified atom stereocenters. The zero-order chi connectivity index (χ0) is 12.4. The summed E-state index contributed by atoms with van der Waals surface area (Å²) >= 11 is 0. The quantitative estimate of drug-likeness (QED) is 0.650. The monoisotopic (exact) mass is 244 g/mol. The molecular weight excluding hydrogens is 236 g/mol. The highest BCUT2D eigenvalue weighted by Crippen LogP contribution is 2.04. The third-order valence-corrected chi connectivity index (χ3v) is 2.21. The van der Waals surface area contributed by atoms with Crippen molar-refractivity contribution >= 4 is 17.4 Å². The Morgan fingerprint density at radius 2 is 2.28 bits per heavy atom. The van der Waals surface area contributed by atoms with E-state index in [4.69, 9.17) is 4.42 Å². The Labute approximate surface area is 101 Å². The summed E-state index contributed by atoms with van der Waals surface area (Å²) in [5, 5.41) is 11.6. The number of hydrogen-bond donors (Lipinski definition) is 2. The molecular formula is C10H8N6O2. The van der Waals surface area contributed by atoms with Crippen molar-refractivity contribution in [2.75, 3.05) is 5.43 Å². The van der Waals surface area contributed by atoms with Crippen LogP contribution in [-0.2, 0) is 0 Å². The van der Waals surface area contributed by atoms with Gasteiger partial charge in [-0.25, -0.2) is 0 Å². The molecule has 1 amide bonds. The molecule has 8 heteroatoms. The Morgan fingerprint density at radius 3 is 3.11 bits per heavy atom. The number of amides is 1. The fourth-order valence-electron chi connectivity index (χ4n) is 1.39. The predicted octanol–water partition coefficient (Wildman–Crippen LogP) is 0.474. The van der Waals surface area contributed by atoms with Crippen LogP contribution in [0.4, 0.5) is 5.82 Å². The average Bonchev–Trinajstić information content (AvgIpc) is 3.05. The van der Waals surface area contributed by atoms with Gasteiger partial charge in [-0.15, -0.1) is 15.3 Å². The number of rotatable bonds is 3.